The lowest BCUT2D eigenvalue weighted by atomic mass is 10.2. The van der Waals surface area contributed by atoms with Gasteiger partial charge in [0.25, 0.3) is 11.8 Å². The minimum Gasteiger partial charge on any atom is -0.497 e. The van der Waals surface area contributed by atoms with E-state index >= 15 is 0 Å². The summed E-state index contributed by atoms with van der Waals surface area (Å²) in [4.78, 5) is 24.8. The van der Waals surface area contributed by atoms with Gasteiger partial charge in [-0.05, 0) is 49.2 Å². The van der Waals surface area contributed by atoms with Crippen LogP contribution in [0.15, 0.2) is 47.4 Å². The Morgan fingerprint density at radius 3 is 1.83 bits per heavy atom. The van der Waals surface area contributed by atoms with E-state index in [2.05, 4.69) is 10.9 Å². The van der Waals surface area contributed by atoms with Gasteiger partial charge < -0.3 is 9.47 Å². The zero-order valence-corrected chi connectivity index (χ0v) is 17.5. The maximum Gasteiger partial charge on any atom is 0.269 e. The fraction of sp³-hybridized carbons (Fsp3) is 0.300. The van der Waals surface area contributed by atoms with Gasteiger partial charge in [0.2, 0.25) is 10.0 Å². The van der Waals surface area contributed by atoms with Gasteiger partial charge in [-0.3, -0.25) is 20.4 Å². The van der Waals surface area contributed by atoms with E-state index in [-0.39, 0.29) is 16.0 Å². The van der Waals surface area contributed by atoms with E-state index in [0.717, 1.165) is 12.8 Å². The lowest BCUT2D eigenvalue weighted by molar-refractivity contribution is 0.0846. The normalized spacial score (nSPS) is 14.2. The first-order chi connectivity index (χ1) is 14.3. The maximum atomic E-state index is 12.5. The molecule has 2 aromatic carbocycles. The molecule has 0 aromatic heterocycles. The number of ether oxygens (including phenoxy) is 2. The number of methoxy groups -OCH3 is 2. The third kappa shape index (κ3) is 4.71. The molecule has 2 aromatic rings. The number of amides is 2. The van der Waals surface area contributed by atoms with E-state index in [1.807, 2.05) is 0 Å². The number of sulfonamides is 1. The van der Waals surface area contributed by atoms with E-state index in [4.69, 9.17) is 9.47 Å². The Morgan fingerprint density at radius 1 is 0.833 bits per heavy atom. The number of hydrogen-bond donors (Lipinski definition) is 2. The number of hydrogen-bond acceptors (Lipinski definition) is 6. The molecular formula is C20H23N3O6S. The minimum atomic E-state index is -3.55. The summed E-state index contributed by atoms with van der Waals surface area (Å²) < 4.78 is 36.8. The van der Waals surface area contributed by atoms with E-state index in [9.17, 15) is 18.0 Å². The molecule has 0 atom stereocenters. The topological polar surface area (TPSA) is 114 Å². The molecular weight excluding hydrogens is 410 g/mol. The molecule has 1 heterocycles. The molecule has 9 nitrogen and oxygen atoms in total. The number of benzene rings is 2. The smallest absolute Gasteiger partial charge is 0.269 e. The summed E-state index contributed by atoms with van der Waals surface area (Å²) in [5.74, 6) is -0.279. The van der Waals surface area contributed by atoms with Crippen molar-refractivity contribution in [1.82, 2.24) is 15.2 Å². The van der Waals surface area contributed by atoms with Gasteiger partial charge in [0, 0.05) is 30.3 Å². The van der Waals surface area contributed by atoms with Crippen LogP contribution in [-0.2, 0) is 10.0 Å². The third-order valence-corrected chi connectivity index (χ3v) is 6.64. The summed E-state index contributed by atoms with van der Waals surface area (Å²) in [6.07, 6.45) is 1.69. The fourth-order valence-corrected chi connectivity index (χ4v) is 4.57. The second kappa shape index (κ2) is 9.14. The van der Waals surface area contributed by atoms with Crippen LogP contribution in [0.5, 0.6) is 11.5 Å². The van der Waals surface area contributed by atoms with Crippen molar-refractivity contribution in [3.63, 3.8) is 0 Å². The van der Waals surface area contributed by atoms with Crippen LogP contribution >= 0.6 is 0 Å². The van der Waals surface area contributed by atoms with Gasteiger partial charge in [-0.15, -0.1) is 0 Å². The Bertz CT molecular complexity index is 1010. The molecule has 0 unspecified atom stereocenters. The molecule has 160 valence electrons. The second-order valence-electron chi connectivity index (χ2n) is 6.65. The van der Waals surface area contributed by atoms with Crippen LogP contribution in [0.2, 0.25) is 0 Å². The van der Waals surface area contributed by atoms with Crippen LogP contribution < -0.4 is 20.3 Å². The summed E-state index contributed by atoms with van der Waals surface area (Å²) in [6, 6.07) is 10.2. The lowest BCUT2D eigenvalue weighted by Crippen LogP contribution is -2.41. The lowest BCUT2D eigenvalue weighted by Gasteiger charge is -2.15. The highest BCUT2D eigenvalue weighted by atomic mass is 32.2. The van der Waals surface area contributed by atoms with Crippen molar-refractivity contribution in [2.45, 2.75) is 17.7 Å². The van der Waals surface area contributed by atoms with Crippen LogP contribution in [0.4, 0.5) is 0 Å². The van der Waals surface area contributed by atoms with Gasteiger partial charge in [0.1, 0.15) is 11.5 Å². The van der Waals surface area contributed by atoms with Crippen molar-refractivity contribution in [2.75, 3.05) is 27.3 Å². The molecule has 0 aliphatic carbocycles. The van der Waals surface area contributed by atoms with Crippen molar-refractivity contribution >= 4 is 21.8 Å². The molecule has 10 heteroatoms. The minimum absolute atomic E-state index is 0.133. The first kappa shape index (κ1) is 21.6. The van der Waals surface area contributed by atoms with E-state index < -0.39 is 21.8 Å². The predicted octanol–water partition coefficient (Wildman–Crippen LogP) is 1.56. The van der Waals surface area contributed by atoms with Crippen LogP contribution in [0.25, 0.3) is 0 Å². The largest absolute Gasteiger partial charge is 0.497 e. The zero-order valence-electron chi connectivity index (χ0n) is 16.7. The van der Waals surface area contributed by atoms with E-state index in [1.165, 1.54) is 54.9 Å². The second-order valence-corrected chi connectivity index (χ2v) is 8.58. The number of carbonyl (C=O) groups is 2. The zero-order chi connectivity index (χ0) is 21.7. The predicted molar refractivity (Wildman–Crippen MR) is 109 cm³/mol. The molecule has 30 heavy (non-hydrogen) atoms. The molecule has 2 amide bonds. The third-order valence-electron chi connectivity index (χ3n) is 4.72. The molecule has 0 radical (unpaired) electrons. The first-order valence-corrected chi connectivity index (χ1v) is 10.7. The van der Waals surface area contributed by atoms with Gasteiger partial charge in [0.15, 0.2) is 0 Å². The molecule has 3 rings (SSSR count). The number of hydrazine groups is 1. The number of nitrogens with one attached hydrogen (secondary N) is 2. The average Bonchev–Trinajstić information content (AvgIpc) is 3.32. The highest BCUT2D eigenvalue weighted by Crippen LogP contribution is 2.23. The van der Waals surface area contributed by atoms with Crippen molar-refractivity contribution < 1.29 is 27.5 Å². The molecule has 1 aliphatic rings. The van der Waals surface area contributed by atoms with E-state index in [0.29, 0.717) is 24.6 Å². The van der Waals surface area contributed by atoms with Crippen molar-refractivity contribution in [2.24, 2.45) is 0 Å². The van der Waals surface area contributed by atoms with Crippen molar-refractivity contribution in [1.29, 1.82) is 0 Å². The molecule has 1 fully saturated rings. The van der Waals surface area contributed by atoms with Gasteiger partial charge in [-0.2, -0.15) is 4.31 Å². The van der Waals surface area contributed by atoms with Crippen molar-refractivity contribution in [3.8, 4) is 11.5 Å². The Labute approximate surface area is 175 Å². The van der Waals surface area contributed by atoms with Gasteiger partial charge in [-0.1, -0.05) is 0 Å². The summed E-state index contributed by atoms with van der Waals surface area (Å²) in [6.45, 7) is 1.01. The highest BCUT2D eigenvalue weighted by Gasteiger charge is 2.27. The summed E-state index contributed by atoms with van der Waals surface area (Å²) in [5.41, 5.74) is 5.06. The molecule has 0 bridgehead atoms. The SMILES string of the molecule is COc1cc(OC)cc(C(=O)NNC(=O)c2ccc(S(=O)(=O)N3CCCC3)cc2)c1. The van der Waals surface area contributed by atoms with Gasteiger partial charge >= 0.3 is 0 Å². The average molecular weight is 433 g/mol. The monoisotopic (exact) mass is 433 g/mol. The van der Waals surface area contributed by atoms with Crippen molar-refractivity contribution in [3.05, 3.63) is 53.6 Å². The standard InChI is InChI=1S/C20H23N3O6S/c1-28-16-11-15(12-17(13-16)29-2)20(25)22-21-19(24)14-5-7-18(8-6-14)30(26,27)23-9-3-4-10-23/h5-8,11-13H,3-4,9-10H2,1-2H3,(H,21,24)(H,22,25). The summed E-state index contributed by atoms with van der Waals surface area (Å²) in [5, 5.41) is 0. The Hall–Kier alpha value is -3.11. The number of carbonyl (C=O) groups excluding carboxylic acids is 2. The fourth-order valence-electron chi connectivity index (χ4n) is 3.05. The van der Waals surface area contributed by atoms with Gasteiger partial charge in [-0.25, -0.2) is 8.42 Å². The van der Waals surface area contributed by atoms with Gasteiger partial charge in [0.05, 0.1) is 19.1 Å². The number of rotatable bonds is 6. The maximum absolute atomic E-state index is 12.5. The Morgan fingerprint density at radius 2 is 1.33 bits per heavy atom. The Balaban J connectivity index is 1.64. The molecule has 1 saturated heterocycles. The quantitative estimate of drug-likeness (QED) is 0.669. The molecule has 0 spiro atoms. The molecule has 2 N–H and O–H groups in total. The van der Waals surface area contributed by atoms with E-state index in [1.54, 1.807) is 6.07 Å². The molecule has 0 saturated carbocycles. The van der Waals surface area contributed by atoms with Crippen LogP contribution in [0.1, 0.15) is 33.6 Å². The Kier molecular flexibility index (Phi) is 6.58. The summed E-state index contributed by atoms with van der Waals surface area (Å²) in [7, 11) is -0.620. The molecule has 1 aliphatic heterocycles. The summed E-state index contributed by atoms with van der Waals surface area (Å²) >= 11 is 0. The number of nitrogens with zero attached hydrogens (tertiary/aromatic N) is 1. The van der Waals surface area contributed by atoms with Crippen LogP contribution in [0, 0.1) is 0 Å². The van der Waals surface area contributed by atoms with Crippen LogP contribution in [0.3, 0.4) is 0 Å². The highest BCUT2D eigenvalue weighted by molar-refractivity contribution is 7.89. The first-order valence-electron chi connectivity index (χ1n) is 9.29. The van der Waals surface area contributed by atoms with Crippen LogP contribution in [-0.4, -0.2) is 51.8 Å².